The van der Waals surface area contributed by atoms with E-state index < -0.39 is 16.9 Å². The number of carboxylic acids is 1. The van der Waals surface area contributed by atoms with Crippen molar-refractivity contribution in [1.82, 2.24) is 4.57 Å². The van der Waals surface area contributed by atoms with Crippen LogP contribution in [0.4, 0.5) is 5.69 Å². The molecule has 0 aliphatic carbocycles. The monoisotopic (exact) mass is 353 g/mol. The fourth-order valence-corrected chi connectivity index (χ4v) is 3.25. The first-order valence-electron chi connectivity index (χ1n) is 8.11. The van der Waals surface area contributed by atoms with E-state index in [1.165, 1.54) is 6.07 Å². The lowest BCUT2D eigenvalue weighted by molar-refractivity contribution is -0.383. The Bertz CT molecular complexity index is 1010. The first kappa shape index (κ1) is 17.6. The van der Waals surface area contributed by atoms with E-state index in [4.69, 9.17) is 10.8 Å². The largest absolute Gasteiger partial charge is 0.480 e. The molecular weight excluding hydrogens is 334 g/mol. The summed E-state index contributed by atoms with van der Waals surface area (Å²) in [6, 6.07) is 11.7. The van der Waals surface area contributed by atoms with E-state index in [9.17, 15) is 14.9 Å². The summed E-state index contributed by atoms with van der Waals surface area (Å²) < 4.78 is 1.85. The van der Waals surface area contributed by atoms with Crippen molar-refractivity contribution in [3.63, 3.8) is 0 Å². The number of aryl methyl sites for hydroxylation is 1. The molecule has 1 heterocycles. The second kappa shape index (κ2) is 6.61. The van der Waals surface area contributed by atoms with Gasteiger partial charge in [0.1, 0.15) is 6.04 Å². The van der Waals surface area contributed by atoms with Gasteiger partial charge in [-0.25, -0.2) is 0 Å². The van der Waals surface area contributed by atoms with E-state index in [2.05, 4.69) is 0 Å². The number of nitro benzene ring substituents is 1. The number of carboxylic acid groups (broad SMARTS) is 1. The molecule has 7 heteroatoms. The molecule has 1 unspecified atom stereocenters. The fourth-order valence-electron chi connectivity index (χ4n) is 3.25. The number of carbonyl (C=O) groups is 1. The number of rotatable bonds is 5. The van der Waals surface area contributed by atoms with E-state index in [0.717, 1.165) is 16.8 Å². The summed E-state index contributed by atoms with van der Waals surface area (Å²) in [7, 11) is 1.81. The van der Waals surface area contributed by atoms with Gasteiger partial charge < -0.3 is 15.4 Å². The minimum absolute atomic E-state index is 0.0318. The Morgan fingerprint density at radius 3 is 2.50 bits per heavy atom. The zero-order valence-corrected chi connectivity index (χ0v) is 14.5. The average molecular weight is 353 g/mol. The van der Waals surface area contributed by atoms with Gasteiger partial charge in [-0.2, -0.15) is 0 Å². The van der Waals surface area contributed by atoms with Crippen LogP contribution in [-0.2, 0) is 18.3 Å². The summed E-state index contributed by atoms with van der Waals surface area (Å²) >= 11 is 0. The lowest BCUT2D eigenvalue weighted by atomic mass is 9.98. The summed E-state index contributed by atoms with van der Waals surface area (Å²) in [5.74, 6) is -1.13. The van der Waals surface area contributed by atoms with Crippen LogP contribution in [0.3, 0.4) is 0 Å². The Kier molecular flexibility index (Phi) is 4.48. The molecule has 134 valence electrons. The molecule has 1 aromatic heterocycles. The second-order valence-corrected chi connectivity index (χ2v) is 6.28. The van der Waals surface area contributed by atoms with Gasteiger partial charge in [0.2, 0.25) is 0 Å². The second-order valence-electron chi connectivity index (χ2n) is 6.28. The van der Waals surface area contributed by atoms with E-state index in [1.807, 2.05) is 54.9 Å². The first-order chi connectivity index (χ1) is 12.3. The molecule has 0 saturated carbocycles. The SMILES string of the molecule is Cc1c(CC(N)C(=O)O)c2c([N+](=O)[O-])cc(-c3ccccc3)cc2n1C. The van der Waals surface area contributed by atoms with Gasteiger partial charge in [-0.1, -0.05) is 30.3 Å². The van der Waals surface area contributed by atoms with Crippen LogP contribution in [0.25, 0.3) is 22.0 Å². The Hall–Kier alpha value is -3.19. The van der Waals surface area contributed by atoms with Gasteiger partial charge >= 0.3 is 5.97 Å². The van der Waals surface area contributed by atoms with Crippen molar-refractivity contribution in [2.45, 2.75) is 19.4 Å². The van der Waals surface area contributed by atoms with Crippen LogP contribution in [0.5, 0.6) is 0 Å². The third kappa shape index (κ3) is 2.93. The molecule has 0 saturated heterocycles. The molecule has 1 atom stereocenters. The van der Waals surface area contributed by atoms with Crippen molar-refractivity contribution >= 4 is 22.6 Å². The number of hydrogen-bond donors (Lipinski definition) is 2. The van der Waals surface area contributed by atoms with Crippen LogP contribution in [0.2, 0.25) is 0 Å². The topological polar surface area (TPSA) is 111 Å². The quantitative estimate of drug-likeness (QED) is 0.541. The Morgan fingerprint density at radius 1 is 1.27 bits per heavy atom. The zero-order valence-electron chi connectivity index (χ0n) is 14.5. The molecule has 0 bridgehead atoms. The maximum absolute atomic E-state index is 11.7. The molecular formula is C19H19N3O4. The predicted octanol–water partition coefficient (Wildman–Crippen LogP) is 3.02. The predicted molar refractivity (Wildman–Crippen MR) is 99.1 cm³/mol. The van der Waals surface area contributed by atoms with Crippen LogP contribution in [0, 0.1) is 17.0 Å². The van der Waals surface area contributed by atoms with Crippen molar-refractivity contribution in [2.75, 3.05) is 0 Å². The molecule has 7 nitrogen and oxygen atoms in total. The summed E-state index contributed by atoms with van der Waals surface area (Å²) in [5.41, 5.74) is 9.31. The lowest BCUT2D eigenvalue weighted by Gasteiger charge is -2.08. The van der Waals surface area contributed by atoms with Gasteiger partial charge in [0.05, 0.1) is 15.8 Å². The fraction of sp³-hybridized carbons (Fsp3) is 0.211. The van der Waals surface area contributed by atoms with Gasteiger partial charge in [-0.05, 0) is 29.7 Å². The number of hydrogen-bond acceptors (Lipinski definition) is 4. The molecule has 3 aromatic rings. The number of aromatic nitrogens is 1. The number of nitrogens with two attached hydrogens (primary N) is 1. The number of nitro groups is 1. The normalized spacial score (nSPS) is 12.3. The summed E-state index contributed by atoms with van der Waals surface area (Å²) in [4.78, 5) is 22.5. The van der Waals surface area contributed by atoms with Gasteiger partial charge in [0.25, 0.3) is 5.69 Å². The number of fused-ring (bicyclic) bond motifs is 1. The standard InChI is InChI=1S/C19H19N3O4/c1-11-14(10-15(20)19(23)24)18-16(21(11)2)8-13(9-17(18)22(25)26)12-6-4-3-5-7-12/h3-9,15H,10,20H2,1-2H3,(H,23,24). The molecule has 0 aliphatic heterocycles. The van der Waals surface area contributed by atoms with Crippen LogP contribution in [0.1, 0.15) is 11.3 Å². The van der Waals surface area contributed by atoms with Gasteiger partial charge in [0.15, 0.2) is 0 Å². The van der Waals surface area contributed by atoms with Crippen LogP contribution in [0.15, 0.2) is 42.5 Å². The summed E-state index contributed by atoms with van der Waals surface area (Å²) in [5, 5.41) is 21.3. The molecule has 0 radical (unpaired) electrons. The summed E-state index contributed by atoms with van der Waals surface area (Å²) in [6.07, 6.45) is 0.0318. The number of aliphatic carboxylic acids is 1. The number of non-ortho nitro benzene ring substituents is 1. The molecule has 3 N–H and O–H groups in total. The van der Waals surface area contributed by atoms with Crippen LogP contribution >= 0.6 is 0 Å². The molecule has 26 heavy (non-hydrogen) atoms. The third-order valence-corrected chi connectivity index (χ3v) is 4.74. The third-order valence-electron chi connectivity index (χ3n) is 4.74. The Balaban J connectivity index is 2.30. The molecule has 0 fully saturated rings. The highest BCUT2D eigenvalue weighted by Gasteiger charge is 2.25. The number of nitrogens with zero attached hydrogens (tertiary/aromatic N) is 2. The Labute approximate surface area is 149 Å². The van der Waals surface area contributed by atoms with E-state index in [1.54, 1.807) is 0 Å². The molecule has 3 rings (SSSR count). The number of benzene rings is 2. The smallest absolute Gasteiger partial charge is 0.320 e. The van der Waals surface area contributed by atoms with Gasteiger partial charge in [0, 0.05) is 25.2 Å². The first-order valence-corrected chi connectivity index (χ1v) is 8.11. The van der Waals surface area contributed by atoms with Crippen LogP contribution in [-0.4, -0.2) is 26.6 Å². The zero-order chi connectivity index (χ0) is 19.0. The van der Waals surface area contributed by atoms with Gasteiger partial charge in [-0.15, -0.1) is 0 Å². The van der Waals surface area contributed by atoms with E-state index in [-0.39, 0.29) is 12.1 Å². The van der Waals surface area contributed by atoms with Crippen LogP contribution < -0.4 is 5.73 Å². The molecule has 2 aromatic carbocycles. The average Bonchev–Trinajstić information content (AvgIpc) is 2.86. The van der Waals surface area contributed by atoms with Crippen molar-refractivity contribution in [3.8, 4) is 11.1 Å². The highest BCUT2D eigenvalue weighted by Crippen LogP contribution is 2.37. The maximum atomic E-state index is 11.7. The van der Waals surface area contributed by atoms with E-state index >= 15 is 0 Å². The van der Waals surface area contributed by atoms with Crippen molar-refractivity contribution in [2.24, 2.45) is 12.8 Å². The minimum Gasteiger partial charge on any atom is -0.480 e. The minimum atomic E-state index is -1.13. The van der Waals surface area contributed by atoms with Crippen molar-refractivity contribution < 1.29 is 14.8 Å². The van der Waals surface area contributed by atoms with E-state index in [0.29, 0.717) is 16.5 Å². The van der Waals surface area contributed by atoms with Crippen molar-refractivity contribution in [3.05, 3.63) is 63.8 Å². The molecule has 0 amide bonds. The van der Waals surface area contributed by atoms with Gasteiger partial charge in [-0.3, -0.25) is 14.9 Å². The molecule has 0 spiro atoms. The summed E-state index contributed by atoms with van der Waals surface area (Å²) in [6.45, 7) is 1.82. The lowest BCUT2D eigenvalue weighted by Crippen LogP contribution is -2.32. The Morgan fingerprint density at radius 2 is 1.92 bits per heavy atom. The maximum Gasteiger partial charge on any atom is 0.320 e. The highest BCUT2D eigenvalue weighted by molar-refractivity contribution is 5.97. The molecule has 0 aliphatic rings. The van der Waals surface area contributed by atoms with Crippen molar-refractivity contribution in [1.29, 1.82) is 0 Å². The highest BCUT2D eigenvalue weighted by atomic mass is 16.6.